The van der Waals surface area contributed by atoms with Gasteiger partial charge in [-0.25, -0.2) is 4.98 Å². The highest BCUT2D eigenvalue weighted by Crippen LogP contribution is 2.39. The number of fused-ring (bicyclic) bond motifs is 2. The highest BCUT2D eigenvalue weighted by atomic mass is 35.5. The van der Waals surface area contributed by atoms with Gasteiger partial charge in [0.25, 0.3) is 0 Å². The van der Waals surface area contributed by atoms with Crippen molar-refractivity contribution < 1.29 is 22.6 Å². The third-order valence-electron chi connectivity index (χ3n) is 6.51. The molecule has 37 heavy (non-hydrogen) atoms. The molecule has 0 amide bonds. The van der Waals surface area contributed by atoms with E-state index < -0.39 is 12.2 Å². The van der Waals surface area contributed by atoms with Gasteiger partial charge in [0.2, 0.25) is 0 Å². The van der Waals surface area contributed by atoms with Crippen molar-refractivity contribution >= 4 is 29.0 Å². The molecule has 5 rings (SSSR count). The number of pyridine rings is 2. The van der Waals surface area contributed by atoms with Crippen molar-refractivity contribution in [3.8, 4) is 17.3 Å². The Labute approximate surface area is 218 Å². The number of likely N-dealkylation sites (tertiary alicyclic amines) is 1. The molecule has 1 aromatic carbocycles. The molecule has 4 aromatic rings. The summed E-state index contributed by atoms with van der Waals surface area (Å²) in [5.74, 6) is 1.05. The fraction of sp³-hybridized carbons (Fsp3) is 0.400. The van der Waals surface area contributed by atoms with Gasteiger partial charge in [-0.1, -0.05) is 12.1 Å². The zero-order valence-electron chi connectivity index (χ0n) is 20.4. The SMILES string of the molecule is COCCOc1ccc2ccc(-c3nnc4ccc([C@@H](N5CCC(N)C5)C(F)(F)F)cn34)nc2c1C.Cl. The second-order valence-electron chi connectivity index (χ2n) is 9.00. The fourth-order valence-electron chi connectivity index (χ4n) is 4.73. The molecule has 1 fully saturated rings. The van der Waals surface area contributed by atoms with Crippen molar-refractivity contribution in [3.63, 3.8) is 0 Å². The maximum Gasteiger partial charge on any atom is 0.408 e. The molecule has 0 saturated carbocycles. The van der Waals surface area contributed by atoms with Gasteiger partial charge in [-0.15, -0.1) is 22.6 Å². The number of methoxy groups -OCH3 is 1. The van der Waals surface area contributed by atoms with Crippen LogP contribution >= 0.6 is 12.4 Å². The molecule has 3 aromatic heterocycles. The van der Waals surface area contributed by atoms with Gasteiger partial charge in [0.05, 0.1) is 12.1 Å². The molecule has 1 saturated heterocycles. The number of aromatic nitrogens is 4. The van der Waals surface area contributed by atoms with Crippen LogP contribution in [0.5, 0.6) is 5.75 Å². The van der Waals surface area contributed by atoms with E-state index in [1.807, 2.05) is 25.1 Å². The minimum atomic E-state index is -4.45. The number of hydrogen-bond donors (Lipinski definition) is 1. The van der Waals surface area contributed by atoms with Gasteiger partial charge in [-0.2, -0.15) is 13.2 Å². The van der Waals surface area contributed by atoms with Crippen LogP contribution in [-0.2, 0) is 4.74 Å². The first-order valence-electron chi connectivity index (χ1n) is 11.7. The van der Waals surface area contributed by atoms with E-state index in [-0.39, 0.29) is 30.6 Å². The van der Waals surface area contributed by atoms with Gasteiger partial charge in [-0.05, 0) is 43.2 Å². The van der Waals surface area contributed by atoms with Gasteiger partial charge in [-0.3, -0.25) is 9.30 Å². The minimum Gasteiger partial charge on any atom is -0.491 e. The van der Waals surface area contributed by atoms with Crippen LogP contribution in [0.3, 0.4) is 0 Å². The van der Waals surface area contributed by atoms with Crippen LogP contribution in [0.4, 0.5) is 13.2 Å². The number of nitrogens with two attached hydrogens (primary N) is 1. The Morgan fingerprint density at radius 2 is 1.89 bits per heavy atom. The lowest BCUT2D eigenvalue weighted by atomic mass is 10.1. The first-order chi connectivity index (χ1) is 17.3. The van der Waals surface area contributed by atoms with Crippen molar-refractivity contribution in [3.05, 3.63) is 53.7 Å². The summed E-state index contributed by atoms with van der Waals surface area (Å²) in [6, 6.07) is 8.47. The van der Waals surface area contributed by atoms with Crippen LogP contribution < -0.4 is 10.5 Å². The van der Waals surface area contributed by atoms with E-state index in [9.17, 15) is 13.2 Å². The standard InChI is InChI=1S/C25H27F3N6O2.ClH/c1-15-20(36-12-11-35-2)7-4-16-3-6-19(30-22(15)16)24-32-31-21-8-5-17(13-34(21)24)23(25(26,27)28)33-10-9-18(29)14-33;/h3-8,13,18,23H,9-12,14,29H2,1-2H3;1H/t18?,23-;/m1./s1. The van der Waals surface area contributed by atoms with Gasteiger partial charge >= 0.3 is 6.18 Å². The fourth-order valence-corrected chi connectivity index (χ4v) is 4.73. The van der Waals surface area contributed by atoms with Crippen molar-refractivity contribution in [2.75, 3.05) is 33.4 Å². The average molecular weight is 537 g/mol. The molecule has 1 aliphatic heterocycles. The van der Waals surface area contributed by atoms with E-state index in [2.05, 4.69) is 10.2 Å². The van der Waals surface area contributed by atoms with Gasteiger partial charge in [0, 0.05) is 43.4 Å². The molecule has 0 bridgehead atoms. The van der Waals surface area contributed by atoms with Gasteiger partial charge < -0.3 is 15.2 Å². The molecule has 2 N–H and O–H groups in total. The largest absolute Gasteiger partial charge is 0.491 e. The summed E-state index contributed by atoms with van der Waals surface area (Å²) in [5, 5.41) is 9.31. The Bertz CT molecular complexity index is 1400. The molecule has 4 heterocycles. The van der Waals surface area contributed by atoms with E-state index in [1.54, 1.807) is 23.6 Å². The number of alkyl halides is 3. The highest BCUT2D eigenvalue weighted by Gasteiger charge is 2.46. The zero-order valence-corrected chi connectivity index (χ0v) is 21.2. The maximum atomic E-state index is 14.1. The highest BCUT2D eigenvalue weighted by molar-refractivity contribution is 5.86. The lowest BCUT2D eigenvalue weighted by Crippen LogP contribution is -2.38. The maximum absolute atomic E-state index is 14.1. The zero-order chi connectivity index (χ0) is 25.4. The molecule has 12 heteroatoms. The van der Waals surface area contributed by atoms with Crippen LogP contribution in [0.2, 0.25) is 0 Å². The summed E-state index contributed by atoms with van der Waals surface area (Å²) < 4.78 is 54.8. The summed E-state index contributed by atoms with van der Waals surface area (Å²) in [4.78, 5) is 6.17. The number of hydrogen-bond acceptors (Lipinski definition) is 7. The molecule has 0 spiro atoms. The third kappa shape index (κ3) is 5.35. The molecule has 1 aliphatic rings. The monoisotopic (exact) mass is 536 g/mol. The van der Waals surface area contributed by atoms with Crippen LogP contribution in [0.15, 0.2) is 42.6 Å². The number of rotatable bonds is 7. The summed E-state index contributed by atoms with van der Waals surface area (Å²) in [6.45, 7) is 3.26. The predicted molar refractivity (Wildman–Crippen MR) is 136 cm³/mol. The van der Waals surface area contributed by atoms with E-state index in [0.29, 0.717) is 49.1 Å². The Hall–Kier alpha value is -2.99. The van der Waals surface area contributed by atoms with Crippen LogP contribution in [0.25, 0.3) is 28.1 Å². The van der Waals surface area contributed by atoms with Crippen molar-refractivity contribution in [1.82, 2.24) is 24.5 Å². The van der Waals surface area contributed by atoms with Crippen molar-refractivity contribution in [1.29, 1.82) is 0 Å². The second-order valence-corrected chi connectivity index (χ2v) is 9.00. The Morgan fingerprint density at radius 3 is 2.59 bits per heavy atom. The smallest absolute Gasteiger partial charge is 0.408 e. The minimum absolute atomic E-state index is 0. The topological polar surface area (TPSA) is 90.8 Å². The van der Waals surface area contributed by atoms with Crippen LogP contribution in [-0.4, -0.2) is 70.1 Å². The number of benzene rings is 1. The Kier molecular flexibility index (Phi) is 7.88. The first-order valence-corrected chi connectivity index (χ1v) is 11.7. The summed E-state index contributed by atoms with van der Waals surface area (Å²) >= 11 is 0. The molecule has 8 nitrogen and oxygen atoms in total. The number of ether oxygens (including phenoxy) is 2. The van der Waals surface area contributed by atoms with E-state index in [4.69, 9.17) is 20.2 Å². The van der Waals surface area contributed by atoms with Crippen molar-refractivity contribution in [2.45, 2.75) is 31.6 Å². The van der Waals surface area contributed by atoms with E-state index in [0.717, 1.165) is 16.5 Å². The van der Waals surface area contributed by atoms with E-state index >= 15 is 0 Å². The third-order valence-corrected chi connectivity index (χ3v) is 6.51. The molecular weight excluding hydrogens is 509 g/mol. The lowest BCUT2D eigenvalue weighted by Gasteiger charge is -2.30. The summed E-state index contributed by atoms with van der Waals surface area (Å²) in [7, 11) is 1.61. The quantitative estimate of drug-likeness (QED) is 0.351. The lowest BCUT2D eigenvalue weighted by molar-refractivity contribution is -0.183. The summed E-state index contributed by atoms with van der Waals surface area (Å²) in [6.07, 6.45) is -2.47. The first kappa shape index (κ1) is 27.1. The molecule has 2 atom stereocenters. The molecule has 0 radical (unpaired) electrons. The molecule has 1 unspecified atom stereocenters. The van der Waals surface area contributed by atoms with Crippen LogP contribution in [0, 0.1) is 6.92 Å². The number of halogens is 4. The molecule has 0 aliphatic carbocycles. The average Bonchev–Trinajstić information content (AvgIpc) is 3.46. The number of aryl methyl sites for hydroxylation is 1. The molecule has 198 valence electrons. The second kappa shape index (κ2) is 10.8. The van der Waals surface area contributed by atoms with Crippen LogP contribution in [0.1, 0.15) is 23.6 Å². The summed E-state index contributed by atoms with van der Waals surface area (Å²) in [5.41, 5.74) is 8.51. The normalized spacial score (nSPS) is 17.3. The van der Waals surface area contributed by atoms with Gasteiger partial charge in [0.15, 0.2) is 11.5 Å². The van der Waals surface area contributed by atoms with Crippen molar-refractivity contribution in [2.24, 2.45) is 5.73 Å². The predicted octanol–water partition coefficient (Wildman–Crippen LogP) is 4.34. The molecular formula is C25H28ClF3N6O2. The Balaban J connectivity index is 0.00000320. The Morgan fingerprint density at radius 1 is 1.11 bits per heavy atom. The van der Waals surface area contributed by atoms with Gasteiger partial charge in [0.1, 0.15) is 24.1 Å². The van der Waals surface area contributed by atoms with E-state index in [1.165, 1.54) is 17.2 Å². The number of nitrogens with zero attached hydrogens (tertiary/aromatic N) is 5.